The van der Waals surface area contributed by atoms with Crippen LogP contribution in [0.4, 0.5) is 5.69 Å². The maximum atomic E-state index is 11.7. The van der Waals surface area contributed by atoms with E-state index in [1.165, 1.54) is 7.11 Å². The molecule has 0 aliphatic carbocycles. The van der Waals surface area contributed by atoms with E-state index in [2.05, 4.69) is 10.1 Å². The van der Waals surface area contributed by atoms with Gasteiger partial charge in [0.15, 0.2) is 0 Å². The second kappa shape index (κ2) is 10.8. The van der Waals surface area contributed by atoms with E-state index in [9.17, 15) is 9.59 Å². The number of nitrogen functional groups attached to an aromatic ring is 1. The number of carbonyl (C=O) groups is 2. The van der Waals surface area contributed by atoms with Gasteiger partial charge in [-0.2, -0.15) is 0 Å². The molecule has 1 amide bonds. The molecule has 112 valence electrons. The highest BCUT2D eigenvalue weighted by molar-refractivity contribution is 5.94. The van der Waals surface area contributed by atoms with Crippen molar-refractivity contribution >= 4 is 17.6 Å². The highest BCUT2D eigenvalue weighted by Gasteiger charge is 2.04. The molecule has 5 heteroatoms. The molecule has 0 aliphatic heterocycles. The molecule has 1 aromatic rings. The lowest BCUT2D eigenvalue weighted by molar-refractivity contribution is -0.140. The molecule has 1 aromatic carbocycles. The van der Waals surface area contributed by atoms with Gasteiger partial charge in [0.05, 0.1) is 7.11 Å². The Balaban J connectivity index is 0.00000172. The predicted octanol–water partition coefficient (Wildman–Crippen LogP) is 2.37. The standard InChI is InChI=1S/C13H18N2O3.C2H6/c1-18-12(16)4-2-3-9-15-13(17)10-5-7-11(14)8-6-10;1-2/h5-8H,2-4,9,14H2,1H3,(H,15,17);1-2H3. The van der Waals surface area contributed by atoms with Gasteiger partial charge in [-0.15, -0.1) is 0 Å². The van der Waals surface area contributed by atoms with Gasteiger partial charge in [-0.25, -0.2) is 0 Å². The Hall–Kier alpha value is -2.04. The Bertz CT molecular complexity index is 402. The molecule has 0 saturated carbocycles. The number of nitrogens with one attached hydrogen (secondary N) is 1. The van der Waals surface area contributed by atoms with Gasteiger partial charge in [0.1, 0.15) is 0 Å². The zero-order chi connectivity index (χ0) is 15.4. The maximum absolute atomic E-state index is 11.7. The summed E-state index contributed by atoms with van der Waals surface area (Å²) in [6, 6.07) is 6.73. The summed E-state index contributed by atoms with van der Waals surface area (Å²) in [7, 11) is 1.37. The van der Waals surface area contributed by atoms with Crippen LogP contribution in [0, 0.1) is 0 Å². The van der Waals surface area contributed by atoms with Crippen molar-refractivity contribution in [2.45, 2.75) is 33.1 Å². The lowest BCUT2D eigenvalue weighted by atomic mass is 10.2. The highest BCUT2D eigenvalue weighted by Crippen LogP contribution is 2.05. The highest BCUT2D eigenvalue weighted by atomic mass is 16.5. The molecule has 5 nitrogen and oxygen atoms in total. The number of hydrogen-bond acceptors (Lipinski definition) is 4. The van der Waals surface area contributed by atoms with Crippen LogP contribution in [0.5, 0.6) is 0 Å². The van der Waals surface area contributed by atoms with E-state index >= 15 is 0 Å². The van der Waals surface area contributed by atoms with E-state index in [1.807, 2.05) is 13.8 Å². The summed E-state index contributed by atoms with van der Waals surface area (Å²) >= 11 is 0. The average molecular weight is 280 g/mol. The van der Waals surface area contributed by atoms with Crippen LogP contribution in [-0.2, 0) is 9.53 Å². The molecular weight excluding hydrogens is 256 g/mol. The van der Waals surface area contributed by atoms with E-state index in [1.54, 1.807) is 24.3 Å². The van der Waals surface area contributed by atoms with Gasteiger partial charge in [0.25, 0.3) is 5.91 Å². The van der Waals surface area contributed by atoms with E-state index in [4.69, 9.17) is 5.73 Å². The van der Waals surface area contributed by atoms with Crippen LogP contribution in [0.1, 0.15) is 43.5 Å². The van der Waals surface area contributed by atoms with Crippen molar-refractivity contribution < 1.29 is 14.3 Å². The van der Waals surface area contributed by atoms with Gasteiger partial charge in [0.2, 0.25) is 0 Å². The second-order valence-electron chi connectivity index (χ2n) is 3.91. The first-order valence-electron chi connectivity index (χ1n) is 6.84. The minimum atomic E-state index is -0.222. The number of amides is 1. The molecule has 0 bridgehead atoms. The molecule has 0 aromatic heterocycles. The number of ether oxygens (including phenoxy) is 1. The second-order valence-corrected chi connectivity index (χ2v) is 3.91. The molecule has 20 heavy (non-hydrogen) atoms. The first-order chi connectivity index (χ1) is 9.63. The molecule has 3 N–H and O–H groups in total. The first kappa shape index (κ1) is 18.0. The summed E-state index contributed by atoms with van der Waals surface area (Å²) in [6.07, 6.45) is 1.83. The molecule has 0 unspecified atom stereocenters. The number of unbranched alkanes of at least 4 members (excludes halogenated alkanes) is 1. The molecule has 0 radical (unpaired) electrons. The molecular formula is C15H24N2O3. The fourth-order valence-corrected chi connectivity index (χ4v) is 1.43. The van der Waals surface area contributed by atoms with E-state index in [-0.39, 0.29) is 11.9 Å². The average Bonchev–Trinajstić information content (AvgIpc) is 2.49. The Morgan fingerprint density at radius 3 is 2.30 bits per heavy atom. The summed E-state index contributed by atoms with van der Waals surface area (Å²) < 4.78 is 4.52. The topological polar surface area (TPSA) is 81.4 Å². The number of rotatable bonds is 6. The van der Waals surface area contributed by atoms with Crippen molar-refractivity contribution in [3.8, 4) is 0 Å². The molecule has 0 aliphatic rings. The number of methoxy groups -OCH3 is 1. The normalized spacial score (nSPS) is 9.15. The van der Waals surface area contributed by atoms with Gasteiger partial charge >= 0.3 is 5.97 Å². The van der Waals surface area contributed by atoms with Crippen molar-refractivity contribution in [2.75, 3.05) is 19.4 Å². The Morgan fingerprint density at radius 1 is 1.15 bits per heavy atom. The minimum absolute atomic E-state index is 0.131. The third-order valence-corrected chi connectivity index (χ3v) is 2.49. The SMILES string of the molecule is CC.COC(=O)CCCCNC(=O)c1ccc(N)cc1. The third kappa shape index (κ3) is 7.41. The quantitative estimate of drug-likeness (QED) is 0.476. The van der Waals surface area contributed by atoms with Gasteiger partial charge in [-0.1, -0.05) is 13.8 Å². The predicted molar refractivity (Wildman–Crippen MR) is 80.4 cm³/mol. The number of nitrogens with two attached hydrogens (primary N) is 1. The van der Waals surface area contributed by atoms with Gasteiger partial charge in [-0.3, -0.25) is 9.59 Å². The number of hydrogen-bond donors (Lipinski definition) is 2. The zero-order valence-corrected chi connectivity index (χ0v) is 12.4. The van der Waals surface area contributed by atoms with E-state index < -0.39 is 0 Å². The van der Waals surface area contributed by atoms with Crippen molar-refractivity contribution in [3.05, 3.63) is 29.8 Å². The Kier molecular flexibility index (Phi) is 9.74. The van der Waals surface area contributed by atoms with Crippen molar-refractivity contribution in [3.63, 3.8) is 0 Å². The zero-order valence-electron chi connectivity index (χ0n) is 12.4. The van der Waals surface area contributed by atoms with Crippen LogP contribution in [0.3, 0.4) is 0 Å². The van der Waals surface area contributed by atoms with Crippen LogP contribution >= 0.6 is 0 Å². The fraction of sp³-hybridized carbons (Fsp3) is 0.467. The number of carbonyl (C=O) groups excluding carboxylic acids is 2. The van der Waals surface area contributed by atoms with E-state index in [0.717, 1.165) is 6.42 Å². The lowest BCUT2D eigenvalue weighted by Gasteiger charge is -2.05. The van der Waals surface area contributed by atoms with Crippen LogP contribution in [-0.4, -0.2) is 25.5 Å². The van der Waals surface area contributed by atoms with E-state index in [0.29, 0.717) is 30.6 Å². The van der Waals surface area contributed by atoms with Crippen LogP contribution in [0.15, 0.2) is 24.3 Å². The monoisotopic (exact) mass is 280 g/mol. The number of esters is 1. The summed E-state index contributed by atoms with van der Waals surface area (Å²) in [5.41, 5.74) is 6.74. The Labute approximate surface area is 120 Å². The molecule has 0 fully saturated rings. The number of anilines is 1. The van der Waals surface area contributed by atoms with Crippen molar-refractivity contribution in [1.29, 1.82) is 0 Å². The molecule has 0 heterocycles. The van der Waals surface area contributed by atoms with Gasteiger partial charge in [0, 0.05) is 24.2 Å². The maximum Gasteiger partial charge on any atom is 0.305 e. The molecule has 0 atom stereocenters. The first-order valence-corrected chi connectivity index (χ1v) is 6.84. The summed E-state index contributed by atoms with van der Waals surface area (Å²) in [6.45, 7) is 4.54. The van der Waals surface area contributed by atoms with Crippen LogP contribution in [0.2, 0.25) is 0 Å². The smallest absolute Gasteiger partial charge is 0.305 e. The van der Waals surface area contributed by atoms with Crippen molar-refractivity contribution in [2.24, 2.45) is 0 Å². The summed E-state index contributed by atoms with van der Waals surface area (Å²) in [5.74, 6) is -0.354. The fourth-order valence-electron chi connectivity index (χ4n) is 1.43. The molecule has 1 rings (SSSR count). The van der Waals surface area contributed by atoms with Crippen LogP contribution in [0.25, 0.3) is 0 Å². The molecule has 0 saturated heterocycles. The minimum Gasteiger partial charge on any atom is -0.469 e. The summed E-state index contributed by atoms with van der Waals surface area (Å²) in [4.78, 5) is 22.5. The Morgan fingerprint density at radius 2 is 1.75 bits per heavy atom. The van der Waals surface area contributed by atoms with Gasteiger partial charge in [-0.05, 0) is 37.1 Å². The molecule has 0 spiro atoms. The summed E-state index contributed by atoms with van der Waals surface area (Å²) in [5, 5.41) is 2.78. The van der Waals surface area contributed by atoms with Gasteiger partial charge < -0.3 is 15.8 Å². The largest absolute Gasteiger partial charge is 0.469 e. The number of benzene rings is 1. The third-order valence-electron chi connectivity index (χ3n) is 2.49. The lowest BCUT2D eigenvalue weighted by Crippen LogP contribution is -2.24. The van der Waals surface area contributed by atoms with Crippen LogP contribution < -0.4 is 11.1 Å². The van der Waals surface area contributed by atoms with Crippen molar-refractivity contribution in [1.82, 2.24) is 5.32 Å².